The summed E-state index contributed by atoms with van der Waals surface area (Å²) >= 11 is 0. The van der Waals surface area contributed by atoms with Gasteiger partial charge in [0.05, 0.1) is 0 Å². The van der Waals surface area contributed by atoms with Gasteiger partial charge in [0.25, 0.3) is 0 Å². The number of nitrogens with one attached hydrogen (secondary N) is 1. The third-order valence-electron chi connectivity index (χ3n) is 3.94. The van der Waals surface area contributed by atoms with Gasteiger partial charge in [0.1, 0.15) is 0 Å². The molecule has 1 atom stereocenters. The van der Waals surface area contributed by atoms with E-state index in [2.05, 4.69) is 19.2 Å². The van der Waals surface area contributed by atoms with Gasteiger partial charge in [-0.25, -0.2) is 0 Å². The predicted molar refractivity (Wildman–Crippen MR) is 65.1 cm³/mol. The van der Waals surface area contributed by atoms with Gasteiger partial charge < -0.3 is 10.1 Å². The van der Waals surface area contributed by atoms with E-state index in [9.17, 15) is 0 Å². The smallest absolute Gasteiger partial charge is 0.0468 e. The lowest BCUT2D eigenvalue weighted by Crippen LogP contribution is -2.37. The minimum absolute atomic E-state index is 0.541. The van der Waals surface area contributed by atoms with Crippen LogP contribution in [0.1, 0.15) is 52.4 Å². The minimum Gasteiger partial charge on any atom is -0.385 e. The molecule has 0 aromatic carbocycles. The molecule has 0 heterocycles. The number of rotatable bonds is 7. The standard InChI is InChI=1S/C13H27NO/c1-4-12(2)14-11-13(9-10-15-3)7-5-6-8-13/h12,14H,4-11H2,1-3H3. The second-order valence-electron chi connectivity index (χ2n) is 5.14. The van der Waals surface area contributed by atoms with Gasteiger partial charge in [0.15, 0.2) is 0 Å². The van der Waals surface area contributed by atoms with Crippen LogP contribution >= 0.6 is 0 Å². The van der Waals surface area contributed by atoms with Crippen LogP contribution in [0.15, 0.2) is 0 Å². The van der Waals surface area contributed by atoms with Gasteiger partial charge >= 0.3 is 0 Å². The van der Waals surface area contributed by atoms with Gasteiger partial charge in [0.2, 0.25) is 0 Å². The van der Waals surface area contributed by atoms with Crippen molar-refractivity contribution in [3.8, 4) is 0 Å². The zero-order valence-electron chi connectivity index (χ0n) is 10.6. The summed E-state index contributed by atoms with van der Waals surface area (Å²) < 4.78 is 5.23. The quantitative estimate of drug-likeness (QED) is 0.702. The molecule has 2 nitrogen and oxygen atoms in total. The molecule has 1 N–H and O–H groups in total. The molecule has 1 rings (SSSR count). The average Bonchev–Trinajstić information content (AvgIpc) is 2.72. The summed E-state index contributed by atoms with van der Waals surface area (Å²) in [5.74, 6) is 0. The molecular weight excluding hydrogens is 186 g/mol. The Kier molecular flexibility index (Phi) is 5.62. The van der Waals surface area contributed by atoms with Crippen LogP contribution in [0.25, 0.3) is 0 Å². The molecule has 0 aliphatic heterocycles. The van der Waals surface area contributed by atoms with Gasteiger partial charge in [0, 0.05) is 26.3 Å². The fourth-order valence-corrected chi connectivity index (χ4v) is 2.49. The van der Waals surface area contributed by atoms with Crippen LogP contribution in [0.5, 0.6) is 0 Å². The summed E-state index contributed by atoms with van der Waals surface area (Å²) in [4.78, 5) is 0. The molecule has 0 aromatic heterocycles. The van der Waals surface area contributed by atoms with Crippen molar-refractivity contribution >= 4 is 0 Å². The topological polar surface area (TPSA) is 21.3 Å². The highest BCUT2D eigenvalue weighted by Gasteiger charge is 2.33. The molecule has 0 amide bonds. The van der Waals surface area contributed by atoms with Crippen LogP contribution in [-0.2, 0) is 4.74 Å². The maximum Gasteiger partial charge on any atom is 0.0468 e. The van der Waals surface area contributed by atoms with Crippen molar-refractivity contribution in [2.75, 3.05) is 20.3 Å². The Morgan fingerprint density at radius 1 is 1.33 bits per heavy atom. The second kappa shape index (κ2) is 6.49. The first-order valence-corrected chi connectivity index (χ1v) is 6.45. The largest absolute Gasteiger partial charge is 0.385 e. The van der Waals surface area contributed by atoms with Crippen LogP contribution in [0, 0.1) is 5.41 Å². The number of hydrogen-bond donors (Lipinski definition) is 1. The normalized spacial score (nSPS) is 21.8. The number of hydrogen-bond acceptors (Lipinski definition) is 2. The molecule has 2 heteroatoms. The van der Waals surface area contributed by atoms with Crippen molar-refractivity contribution < 1.29 is 4.74 Å². The molecule has 90 valence electrons. The molecule has 0 bridgehead atoms. The summed E-state index contributed by atoms with van der Waals surface area (Å²) in [6, 6.07) is 0.657. The van der Waals surface area contributed by atoms with Gasteiger partial charge in [-0.15, -0.1) is 0 Å². The van der Waals surface area contributed by atoms with Crippen molar-refractivity contribution in [2.24, 2.45) is 5.41 Å². The lowest BCUT2D eigenvalue weighted by atomic mass is 9.82. The molecule has 1 fully saturated rings. The zero-order chi connectivity index (χ0) is 11.1. The maximum atomic E-state index is 5.23. The molecular formula is C13H27NO. The highest BCUT2D eigenvalue weighted by Crippen LogP contribution is 2.40. The average molecular weight is 213 g/mol. The Balaban J connectivity index is 2.35. The van der Waals surface area contributed by atoms with E-state index >= 15 is 0 Å². The lowest BCUT2D eigenvalue weighted by molar-refractivity contribution is 0.133. The molecule has 0 spiro atoms. The van der Waals surface area contributed by atoms with Crippen LogP contribution < -0.4 is 5.32 Å². The molecule has 0 radical (unpaired) electrons. The van der Waals surface area contributed by atoms with E-state index in [1.165, 1.54) is 45.1 Å². The third-order valence-corrected chi connectivity index (χ3v) is 3.94. The molecule has 1 aliphatic rings. The highest BCUT2D eigenvalue weighted by molar-refractivity contribution is 4.87. The SMILES string of the molecule is CCC(C)NCC1(CCOC)CCCC1. The van der Waals surface area contributed by atoms with Crippen molar-refractivity contribution in [2.45, 2.75) is 58.4 Å². The monoisotopic (exact) mass is 213 g/mol. The Bertz CT molecular complexity index is 164. The van der Waals surface area contributed by atoms with Crippen molar-refractivity contribution in [1.82, 2.24) is 5.32 Å². The van der Waals surface area contributed by atoms with Crippen LogP contribution in [-0.4, -0.2) is 26.3 Å². The summed E-state index contributed by atoms with van der Waals surface area (Å²) in [5.41, 5.74) is 0.541. The third kappa shape index (κ3) is 4.12. The first-order chi connectivity index (χ1) is 7.22. The first kappa shape index (κ1) is 13.0. The molecule has 1 saturated carbocycles. The number of methoxy groups -OCH3 is 1. The van der Waals surface area contributed by atoms with E-state index in [-0.39, 0.29) is 0 Å². The molecule has 1 aliphatic carbocycles. The Morgan fingerprint density at radius 2 is 2.00 bits per heavy atom. The summed E-state index contributed by atoms with van der Waals surface area (Å²) in [6.07, 6.45) is 8.05. The van der Waals surface area contributed by atoms with E-state index in [1.807, 2.05) is 7.11 Å². The Hall–Kier alpha value is -0.0800. The van der Waals surface area contributed by atoms with Gasteiger partial charge in [-0.3, -0.25) is 0 Å². The summed E-state index contributed by atoms with van der Waals surface area (Å²) in [5, 5.41) is 3.67. The van der Waals surface area contributed by atoms with E-state index in [4.69, 9.17) is 4.74 Å². The van der Waals surface area contributed by atoms with E-state index in [0.29, 0.717) is 11.5 Å². The van der Waals surface area contributed by atoms with Crippen LogP contribution in [0.3, 0.4) is 0 Å². The Labute approximate surface area is 94.8 Å². The summed E-state index contributed by atoms with van der Waals surface area (Å²) in [7, 11) is 1.81. The van der Waals surface area contributed by atoms with Gasteiger partial charge in [-0.1, -0.05) is 19.8 Å². The highest BCUT2D eigenvalue weighted by atomic mass is 16.5. The number of ether oxygens (including phenoxy) is 1. The zero-order valence-corrected chi connectivity index (χ0v) is 10.6. The van der Waals surface area contributed by atoms with Crippen molar-refractivity contribution in [1.29, 1.82) is 0 Å². The second-order valence-corrected chi connectivity index (χ2v) is 5.14. The molecule has 15 heavy (non-hydrogen) atoms. The maximum absolute atomic E-state index is 5.23. The van der Waals surface area contributed by atoms with E-state index in [0.717, 1.165) is 6.61 Å². The first-order valence-electron chi connectivity index (χ1n) is 6.45. The molecule has 0 saturated heterocycles. The fourth-order valence-electron chi connectivity index (χ4n) is 2.49. The van der Waals surface area contributed by atoms with Crippen LogP contribution in [0.4, 0.5) is 0 Å². The van der Waals surface area contributed by atoms with E-state index in [1.54, 1.807) is 0 Å². The minimum atomic E-state index is 0.541. The predicted octanol–water partition coefficient (Wildman–Crippen LogP) is 2.97. The lowest BCUT2D eigenvalue weighted by Gasteiger charge is -2.30. The fraction of sp³-hybridized carbons (Fsp3) is 1.00. The van der Waals surface area contributed by atoms with Gasteiger partial charge in [-0.05, 0) is 38.0 Å². The Morgan fingerprint density at radius 3 is 2.53 bits per heavy atom. The molecule has 0 aromatic rings. The van der Waals surface area contributed by atoms with Gasteiger partial charge in [-0.2, -0.15) is 0 Å². The van der Waals surface area contributed by atoms with E-state index < -0.39 is 0 Å². The van der Waals surface area contributed by atoms with Crippen molar-refractivity contribution in [3.05, 3.63) is 0 Å². The molecule has 1 unspecified atom stereocenters. The van der Waals surface area contributed by atoms with Crippen molar-refractivity contribution in [3.63, 3.8) is 0 Å². The summed E-state index contributed by atoms with van der Waals surface area (Å²) in [6.45, 7) is 6.63. The van der Waals surface area contributed by atoms with Crippen LogP contribution in [0.2, 0.25) is 0 Å².